The number of aliphatic hydroxyl groups is 2. The number of nitrogens with one attached hydrogen (secondary N) is 1. The maximum atomic E-state index is 9.85. The van der Waals surface area contributed by atoms with Gasteiger partial charge >= 0.3 is 0 Å². The summed E-state index contributed by atoms with van der Waals surface area (Å²) in [6.45, 7) is 0. The predicted octanol–water partition coefficient (Wildman–Crippen LogP) is 2.32. The molecule has 1 heterocycles. The average molecular weight is 329 g/mol. The van der Waals surface area contributed by atoms with Crippen molar-refractivity contribution >= 4 is 28.1 Å². The van der Waals surface area contributed by atoms with Crippen LogP contribution in [0.2, 0.25) is 0 Å². The first-order chi connectivity index (χ1) is 8.63. The minimum Gasteiger partial charge on any atom is -0.389 e. The molecule has 0 fully saturated rings. The van der Waals surface area contributed by atoms with E-state index < -0.39 is 12.2 Å². The summed E-state index contributed by atoms with van der Waals surface area (Å²) < 4.78 is 2.44. The minimum absolute atomic E-state index is 0.332. The molecule has 1 aromatic carbocycles. The first kappa shape index (κ1) is 13.5. The maximum absolute atomic E-state index is 9.85. The number of aromatic nitrogens is 2. The number of aliphatic hydroxyl groups excluding tert-OH is 2. The van der Waals surface area contributed by atoms with Gasteiger partial charge in [0, 0.05) is 23.4 Å². The topological polar surface area (TPSA) is 61.2 Å². The molecule has 18 heavy (non-hydrogen) atoms. The molecule has 2 unspecified atom stereocenters. The lowest BCUT2D eigenvalue weighted by atomic mass is 10.1. The van der Waals surface area contributed by atoms with Crippen molar-refractivity contribution < 1.29 is 10.2 Å². The van der Waals surface area contributed by atoms with Crippen molar-refractivity contribution in [3.8, 4) is 5.69 Å². The van der Waals surface area contributed by atoms with Crippen LogP contribution in [0.25, 0.3) is 5.69 Å². The van der Waals surface area contributed by atoms with Crippen molar-refractivity contribution in [1.29, 1.82) is 0 Å². The largest absolute Gasteiger partial charge is 0.389 e. The number of aromatic amines is 1. The van der Waals surface area contributed by atoms with Crippen molar-refractivity contribution in [2.75, 3.05) is 5.33 Å². The third-order valence-corrected chi connectivity index (χ3v) is 3.66. The molecule has 1 aromatic heterocycles. The molecule has 2 aromatic rings. The molecule has 2 rings (SSSR count). The number of benzene rings is 1. The highest BCUT2D eigenvalue weighted by Gasteiger charge is 2.16. The summed E-state index contributed by atoms with van der Waals surface area (Å²) in [5.41, 5.74) is 1.58. The third kappa shape index (κ3) is 2.72. The molecule has 2 atom stereocenters. The number of H-pyrrole nitrogens is 1. The number of hydrogen-bond acceptors (Lipinski definition) is 3. The van der Waals surface area contributed by atoms with Gasteiger partial charge in [0.25, 0.3) is 0 Å². The molecule has 0 saturated carbocycles. The summed E-state index contributed by atoms with van der Waals surface area (Å²) in [5, 5.41) is 19.7. The molecular formula is C12H13BrN2O2S. The van der Waals surface area contributed by atoms with E-state index in [-0.39, 0.29) is 0 Å². The van der Waals surface area contributed by atoms with E-state index in [9.17, 15) is 10.2 Å². The minimum atomic E-state index is -0.891. The summed E-state index contributed by atoms with van der Waals surface area (Å²) in [6, 6.07) is 7.26. The van der Waals surface area contributed by atoms with Crippen LogP contribution >= 0.6 is 28.1 Å². The second-order valence-electron chi connectivity index (χ2n) is 3.89. The predicted molar refractivity (Wildman–Crippen MR) is 75.7 cm³/mol. The van der Waals surface area contributed by atoms with Crippen LogP contribution in [-0.4, -0.2) is 31.2 Å². The summed E-state index contributed by atoms with van der Waals surface area (Å²) >= 11 is 8.26. The molecule has 0 aliphatic rings. The standard InChI is InChI=1S/C12H13BrN2O2S/c13-7-10(16)11(17)8-1-3-9(4-2-8)15-6-5-14-12(15)18/h1-6,10-11,16-17H,7H2,(H,14,18). The summed E-state index contributed by atoms with van der Waals surface area (Å²) in [7, 11) is 0. The fourth-order valence-corrected chi connectivity index (χ4v) is 2.25. The third-order valence-electron chi connectivity index (χ3n) is 2.68. The van der Waals surface area contributed by atoms with E-state index in [4.69, 9.17) is 12.2 Å². The Balaban J connectivity index is 2.26. The van der Waals surface area contributed by atoms with Gasteiger partial charge in [0.1, 0.15) is 6.10 Å². The second-order valence-corrected chi connectivity index (χ2v) is 4.93. The van der Waals surface area contributed by atoms with Crippen molar-refractivity contribution in [3.63, 3.8) is 0 Å². The zero-order valence-electron chi connectivity index (χ0n) is 9.45. The number of hydrogen-bond donors (Lipinski definition) is 3. The van der Waals surface area contributed by atoms with Crippen LogP contribution in [0.3, 0.4) is 0 Å². The quantitative estimate of drug-likeness (QED) is 0.596. The number of alkyl halides is 1. The van der Waals surface area contributed by atoms with Crippen LogP contribution in [0.15, 0.2) is 36.7 Å². The van der Waals surface area contributed by atoms with Crippen LogP contribution < -0.4 is 0 Å². The zero-order valence-corrected chi connectivity index (χ0v) is 11.9. The van der Waals surface area contributed by atoms with Crippen molar-refractivity contribution in [1.82, 2.24) is 9.55 Å². The Kier molecular flexibility index (Phi) is 4.34. The Labute approximate surface area is 118 Å². The molecule has 96 valence electrons. The van der Waals surface area contributed by atoms with Gasteiger partial charge in [-0.1, -0.05) is 28.1 Å². The first-order valence-electron chi connectivity index (χ1n) is 5.42. The van der Waals surface area contributed by atoms with Crippen molar-refractivity contribution in [3.05, 3.63) is 47.0 Å². The molecule has 0 saturated heterocycles. The van der Waals surface area contributed by atoms with Crippen molar-refractivity contribution in [2.24, 2.45) is 0 Å². The Bertz CT molecular complexity index is 564. The SMILES string of the molecule is OC(CBr)C(O)c1ccc(-n2cc[nH]c2=S)cc1. The van der Waals surface area contributed by atoms with Gasteiger partial charge in [-0.15, -0.1) is 0 Å². The van der Waals surface area contributed by atoms with E-state index in [2.05, 4.69) is 20.9 Å². The van der Waals surface area contributed by atoms with Gasteiger partial charge < -0.3 is 15.2 Å². The van der Waals surface area contributed by atoms with Gasteiger partial charge in [0.2, 0.25) is 0 Å². The molecule has 0 radical (unpaired) electrons. The van der Waals surface area contributed by atoms with Gasteiger partial charge in [-0.25, -0.2) is 0 Å². The fourth-order valence-electron chi connectivity index (χ4n) is 1.66. The lowest BCUT2D eigenvalue weighted by Gasteiger charge is -2.16. The molecular weight excluding hydrogens is 316 g/mol. The van der Waals surface area contributed by atoms with Crippen LogP contribution in [0.4, 0.5) is 0 Å². The maximum Gasteiger partial charge on any atom is 0.181 e. The van der Waals surface area contributed by atoms with Gasteiger partial charge in [0.15, 0.2) is 4.77 Å². The first-order valence-corrected chi connectivity index (χ1v) is 6.95. The van der Waals surface area contributed by atoms with Crippen molar-refractivity contribution in [2.45, 2.75) is 12.2 Å². The summed E-state index contributed by atoms with van der Waals surface area (Å²) in [5.74, 6) is 0. The zero-order chi connectivity index (χ0) is 13.1. The Hall–Kier alpha value is -0.950. The second kappa shape index (κ2) is 5.79. The van der Waals surface area contributed by atoms with Gasteiger partial charge in [-0.05, 0) is 29.9 Å². The Morgan fingerprint density at radius 3 is 2.44 bits per heavy atom. The van der Waals surface area contributed by atoms with Gasteiger partial charge in [-0.3, -0.25) is 4.57 Å². The number of halogens is 1. The Morgan fingerprint density at radius 1 is 1.28 bits per heavy atom. The molecule has 0 aliphatic heterocycles. The van der Waals surface area contributed by atoms with E-state index in [1.54, 1.807) is 18.3 Å². The lowest BCUT2D eigenvalue weighted by molar-refractivity contribution is 0.0343. The summed E-state index contributed by atoms with van der Waals surface area (Å²) in [4.78, 5) is 2.91. The number of rotatable bonds is 4. The normalized spacial score (nSPS) is 14.4. The van der Waals surface area contributed by atoms with Gasteiger partial charge in [0.05, 0.1) is 6.10 Å². The Morgan fingerprint density at radius 2 is 1.94 bits per heavy atom. The number of imidazole rings is 1. The van der Waals surface area contributed by atoms with Crippen LogP contribution in [-0.2, 0) is 0 Å². The summed E-state index contributed by atoms with van der Waals surface area (Å²) in [6.07, 6.45) is 1.89. The lowest BCUT2D eigenvalue weighted by Crippen LogP contribution is -2.19. The molecule has 0 spiro atoms. The highest BCUT2D eigenvalue weighted by atomic mass is 79.9. The molecule has 0 bridgehead atoms. The molecule has 4 nitrogen and oxygen atoms in total. The number of nitrogens with zero attached hydrogens (tertiary/aromatic N) is 1. The van der Waals surface area contributed by atoms with E-state index >= 15 is 0 Å². The van der Waals surface area contributed by atoms with Gasteiger partial charge in [-0.2, -0.15) is 0 Å². The highest BCUT2D eigenvalue weighted by molar-refractivity contribution is 9.09. The highest BCUT2D eigenvalue weighted by Crippen LogP contribution is 2.20. The molecule has 0 aliphatic carbocycles. The van der Waals surface area contributed by atoms with Crippen LogP contribution in [0, 0.1) is 4.77 Å². The molecule has 0 amide bonds. The van der Waals surface area contributed by atoms with E-state index in [1.165, 1.54) is 0 Å². The van der Waals surface area contributed by atoms with Crippen LogP contribution in [0.1, 0.15) is 11.7 Å². The molecule has 3 N–H and O–H groups in total. The van der Waals surface area contributed by atoms with E-state index in [1.807, 2.05) is 22.9 Å². The van der Waals surface area contributed by atoms with E-state index in [0.29, 0.717) is 15.7 Å². The smallest absolute Gasteiger partial charge is 0.181 e. The molecule has 6 heteroatoms. The van der Waals surface area contributed by atoms with E-state index in [0.717, 1.165) is 5.69 Å². The fraction of sp³-hybridized carbons (Fsp3) is 0.250. The average Bonchev–Trinajstić information content (AvgIpc) is 2.83. The van der Waals surface area contributed by atoms with Crippen LogP contribution in [0.5, 0.6) is 0 Å². The monoisotopic (exact) mass is 328 g/mol.